The molecule has 1 aliphatic rings. The Kier molecular flexibility index (Phi) is 7.40. The van der Waals surface area contributed by atoms with Gasteiger partial charge in [-0.1, -0.05) is 62.9 Å². The number of hydrogen-bond donors (Lipinski definition) is 0. The van der Waals surface area contributed by atoms with Crippen LogP contribution >= 0.6 is 11.6 Å². The second-order valence-electron chi connectivity index (χ2n) is 7.47. The first kappa shape index (κ1) is 24.3. The number of rotatable bonds is 8. The molecule has 0 spiro atoms. The number of halogens is 4. The molecule has 0 N–H and O–H groups in total. The topological polar surface area (TPSA) is 59.3 Å². The number of carbonyl (C=O) groups is 1. The summed E-state index contributed by atoms with van der Waals surface area (Å²) >= 11 is 5.31. The van der Waals surface area contributed by atoms with Crippen LogP contribution in [0.3, 0.4) is 0 Å². The molecule has 0 radical (unpaired) electrons. The van der Waals surface area contributed by atoms with Crippen LogP contribution in [-0.4, -0.2) is 12.1 Å². The number of alkyl halides is 3. The third-order valence-corrected chi connectivity index (χ3v) is 5.33. The summed E-state index contributed by atoms with van der Waals surface area (Å²) in [5.41, 5.74) is -0.420. The molecule has 0 saturated heterocycles. The van der Waals surface area contributed by atoms with Gasteiger partial charge in [0.15, 0.2) is 0 Å². The molecule has 31 heavy (non-hydrogen) atoms. The first-order chi connectivity index (χ1) is 14.4. The predicted octanol–water partition coefficient (Wildman–Crippen LogP) is 6.39. The Morgan fingerprint density at radius 3 is 2.58 bits per heavy atom. The fraction of sp³-hybridized carbons (Fsp3) is 0.304. The number of hydrogen-bond acceptors (Lipinski definition) is 4. The second-order valence-corrected chi connectivity index (χ2v) is 7.87. The van der Waals surface area contributed by atoms with Crippen molar-refractivity contribution in [1.82, 2.24) is 0 Å². The van der Waals surface area contributed by atoms with Crippen molar-refractivity contribution in [2.24, 2.45) is 17.3 Å². The van der Waals surface area contributed by atoms with E-state index >= 15 is 0 Å². The maximum atomic E-state index is 12.7. The lowest BCUT2D eigenvalue weighted by molar-refractivity contribution is -0.149. The van der Waals surface area contributed by atoms with Gasteiger partial charge in [0, 0.05) is 5.56 Å². The highest BCUT2D eigenvalue weighted by atomic mass is 35.5. The Balaban J connectivity index is 2.17. The normalized spacial score (nSPS) is 21.5. The minimum atomic E-state index is -4.69. The highest BCUT2D eigenvalue weighted by Gasteiger charge is 2.62. The number of benzene rings is 1. The first-order valence-corrected chi connectivity index (χ1v) is 9.61. The zero-order valence-corrected chi connectivity index (χ0v) is 17.7. The summed E-state index contributed by atoms with van der Waals surface area (Å²) in [7, 11) is 0. The van der Waals surface area contributed by atoms with E-state index in [4.69, 9.17) is 21.1 Å². The summed E-state index contributed by atoms with van der Waals surface area (Å²) in [6.45, 7) is 10.5. The number of esters is 1. The van der Waals surface area contributed by atoms with E-state index in [-0.39, 0.29) is 0 Å². The van der Waals surface area contributed by atoms with E-state index in [0.717, 1.165) is 6.08 Å². The van der Waals surface area contributed by atoms with Gasteiger partial charge in [-0.15, -0.1) is 0 Å². The van der Waals surface area contributed by atoms with Crippen LogP contribution in [0.15, 0.2) is 72.5 Å². The van der Waals surface area contributed by atoms with E-state index in [9.17, 15) is 23.2 Å². The molecule has 0 aromatic heterocycles. The molecule has 1 aliphatic carbocycles. The lowest BCUT2D eigenvalue weighted by Gasteiger charge is -2.14. The minimum Gasteiger partial charge on any atom is -0.457 e. The van der Waals surface area contributed by atoms with Gasteiger partial charge in [0.25, 0.3) is 0 Å². The van der Waals surface area contributed by atoms with E-state index < -0.39 is 40.5 Å². The van der Waals surface area contributed by atoms with Crippen LogP contribution < -0.4 is 4.74 Å². The van der Waals surface area contributed by atoms with Gasteiger partial charge in [0.2, 0.25) is 6.10 Å². The molecular weight excluding hydrogens is 431 g/mol. The summed E-state index contributed by atoms with van der Waals surface area (Å²) in [5, 5.41) is 8.21. The molecule has 1 fully saturated rings. The zero-order valence-electron chi connectivity index (χ0n) is 16.9. The van der Waals surface area contributed by atoms with Crippen molar-refractivity contribution in [1.29, 1.82) is 5.26 Å². The third kappa shape index (κ3) is 5.80. The Labute approximate surface area is 183 Å². The van der Waals surface area contributed by atoms with Gasteiger partial charge in [-0.25, -0.2) is 0 Å². The number of ether oxygens (including phenoxy) is 2. The van der Waals surface area contributed by atoms with Crippen LogP contribution in [0.4, 0.5) is 13.2 Å². The highest BCUT2D eigenvalue weighted by Crippen LogP contribution is 2.60. The van der Waals surface area contributed by atoms with Crippen molar-refractivity contribution in [2.45, 2.75) is 26.1 Å². The number of carbonyl (C=O) groups excluding carboxylic acids is 1. The summed E-state index contributed by atoms with van der Waals surface area (Å²) in [6.07, 6.45) is -0.526. The molecule has 0 aliphatic heterocycles. The molecule has 0 bridgehead atoms. The van der Waals surface area contributed by atoms with Gasteiger partial charge in [-0.2, -0.15) is 18.4 Å². The summed E-state index contributed by atoms with van der Waals surface area (Å²) < 4.78 is 49.1. The van der Waals surface area contributed by atoms with E-state index in [1.165, 1.54) is 18.2 Å². The lowest BCUT2D eigenvalue weighted by Crippen LogP contribution is -2.14. The molecule has 3 atom stereocenters. The van der Waals surface area contributed by atoms with Crippen molar-refractivity contribution in [3.63, 3.8) is 0 Å². The van der Waals surface area contributed by atoms with Gasteiger partial charge >= 0.3 is 12.1 Å². The van der Waals surface area contributed by atoms with Crippen LogP contribution in [0, 0.1) is 28.6 Å². The van der Waals surface area contributed by atoms with Gasteiger partial charge in [-0.3, -0.25) is 4.79 Å². The third-order valence-electron chi connectivity index (χ3n) is 4.99. The van der Waals surface area contributed by atoms with Crippen LogP contribution in [0.25, 0.3) is 0 Å². The lowest BCUT2D eigenvalue weighted by atomic mass is 10.1. The molecule has 0 heterocycles. The average Bonchev–Trinajstić information content (AvgIpc) is 3.24. The fourth-order valence-electron chi connectivity index (χ4n) is 3.19. The van der Waals surface area contributed by atoms with Crippen molar-refractivity contribution in [3.05, 3.63) is 78.1 Å². The second kappa shape index (κ2) is 9.44. The van der Waals surface area contributed by atoms with Crippen LogP contribution in [0.1, 0.15) is 25.5 Å². The van der Waals surface area contributed by atoms with Gasteiger partial charge in [-0.05, 0) is 35.6 Å². The van der Waals surface area contributed by atoms with Crippen LogP contribution in [0.2, 0.25) is 0 Å². The quantitative estimate of drug-likeness (QED) is 0.261. The number of nitrogens with zero attached hydrogens (tertiary/aromatic N) is 1. The molecule has 1 saturated carbocycles. The predicted molar refractivity (Wildman–Crippen MR) is 111 cm³/mol. The maximum absolute atomic E-state index is 12.7. The monoisotopic (exact) mass is 451 g/mol. The maximum Gasteiger partial charge on any atom is 0.426 e. The van der Waals surface area contributed by atoms with E-state index in [1.807, 2.05) is 6.07 Å². The van der Waals surface area contributed by atoms with Gasteiger partial charge < -0.3 is 9.47 Å². The number of allylic oxidation sites excluding steroid dienone is 5. The molecular formula is C23H21ClF3NO3. The molecule has 2 rings (SSSR count). The Morgan fingerprint density at radius 1 is 1.35 bits per heavy atom. The minimum absolute atomic E-state index is 0.356. The average molecular weight is 452 g/mol. The van der Waals surface area contributed by atoms with Crippen molar-refractivity contribution in [2.75, 3.05) is 0 Å². The Morgan fingerprint density at radius 2 is 2.03 bits per heavy atom. The molecule has 3 unspecified atom stereocenters. The van der Waals surface area contributed by atoms with E-state index in [0.29, 0.717) is 17.1 Å². The Bertz CT molecular complexity index is 973. The standard InChI is InChI=1S/C23H21ClF3NO3/c1-5-8-15(6-2)30-16-10-7-9-14(11-16)18(13-28)31-21(29)20-17(22(20,3)4)12-19(24)23(25,26)27/h5-12,17-18,20H,1-2H2,3-4H3/b15-8+,19-12-. The molecule has 1 aromatic rings. The first-order valence-electron chi connectivity index (χ1n) is 9.23. The summed E-state index contributed by atoms with van der Waals surface area (Å²) in [4.78, 5) is 12.6. The van der Waals surface area contributed by atoms with E-state index in [2.05, 4.69) is 13.2 Å². The molecule has 4 nitrogen and oxygen atoms in total. The molecule has 0 amide bonds. The Hall–Kier alpha value is -2.98. The van der Waals surface area contributed by atoms with Crippen molar-refractivity contribution >= 4 is 17.6 Å². The molecule has 1 aromatic carbocycles. The van der Waals surface area contributed by atoms with Crippen LogP contribution in [0.5, 0.6) is 5.75 Å². The highest BCUT2D eigenvalue weighted by molar-refractivity contribution is 6.30. The largest absolute Gasteiger partial charge is 0.457 e. The summed E-state index contributed by atoms with van der Waals surface area (Å²) in [6, 6.07) is 8.25. The summed E-state index contributed by atoms with van der Waals surface area (Å²) in [5.74, 6) is -1.56. The molecule has 164 valence electrons. The zero-order chi connectivity index (χ0) is 23.4. The number of nitriles is 1. The van der Waals surface area contributed by atoms with Crippen LogP contribution in [-0.2, 0) is 9.53 Å². The smallest absolute Gasteiger partial charge is 0.426 e. The fourth-order valence-corrected chi connectivity index (χ4v) is 3.32. The molecule has 8 heteroatoms. The SMILES string of the molecule is C=C/C=C(\C=C)Oc1cccc(C(C#N)OC(=O)C2C(/C=C(\Cl)C(F)(F)F)C2(C)C)c1. The van der Waals surface area contributed by atoms with Gasteiger partial charge in [0.1, 0.15) is 22.6 Å². The van der Waals surface area contributed by atoms with E-state index in [1.54, 1.807) is 38.1 Å². The van der Waals surface area contributed by atoms with Crippen molar-refractivity contribution < 1.29 is 27.4 Å². The van der Waals surface area contributed by atoms with Crippen molar-refractivity contribution in [3.8, 4) is 11.8 Å². The van der Waals surface area contributed by atoms with Gasteiger partial charge in [0.05, 0.1) is 5.92 Å².